The number of nitrogens with two attached hydrogens (primary N) is 1. The maximum Gasteiger partial charge on any atom is 0.323 e. The van der Waals surface area contributed by atoms with E-state index >= 15 is 0 Å². The van der Waals surface area contributed by atoms with Crippen molar-refractivity contribution >= 4 is 11.9 Å². The molecule has 114 valence electrons. The molecule has 0 aliphatic heterocycles. The summed E-state index contributed by atoms with van der Waals surface area (Å²) in [7, 11) is 1.63. The van der Waals surface area contributed by atoms with Crippen LogP contribution in [-0.4, -0.2) is 61.6 Å². The number of anilines is 2. The molecule has 1 heterocycles. The third-order valence-electron chi connectivity index (χ3n) is 2.56. The Bertz CT molecular complexity index is 387. The highest BCUT2D eigenvalue weighted by Crippen LogP contribution is 2.12. The summed E-state index contributed by atoms with van der Waals surface area (Å²) < 4.78 is 15.6. The lowest BCUT2D eigenvalue weighted by molar-refractivity contribution is 0.0528. The van der Waals surface area contributed by atoms with Crippen molar-refractivity contribution in [1.29, 1.82) is 0 Å². The molecule has 8 heteroatoms. The Morgan fingerprint density at radius 1 is 1.00 bits per heavy atom. The van der Waals surface area contributed by atoms with E-state index in [0.29, 0.717) is 32.4 Å². The molecule has 20 heavy (non-hydrogen) atoms. The number of methoxy groups -OCH3 is 1. The highest BCUT2D eigenvalue weighted by atomic mass is 16.5. The van der Waals surface area contributed by atoms with Crippen molar-refractivity contribution in [2.75, 3.05) is 57.3 Å². The van der Waals surface area contributed by atoms with Crippen molar-refractivity contribution in [3.05, 3.63) is 0 Å². The largest absolute Gasteiger partial charge is 0.461 e. The van der Waals surface area contributed by atoms with Gasteiger partial charge in [0.25, 0.3) is 0 Å². The van der Waals surface area contributed by atoms with Crippen LogP contribution in [0.3, 0.4) is 0 Å². The van der Waals surface area contributed by atoms with Crippen molar-refractivity contribution in [2.24, 2.45) is 0 Å². The number of hydrogen-bond donors (Lipinski definition) is 1. The molecule has 0 unspecified atom stereocenters. The molecule has 0 aliphatic rings. The van der Waals surface area contributed by atoms with Crippen molar-refractivity contribution in [3.63, 3.8) is 0 Å². The summed E-state index contributed by atoms with van der Waals surface area (Å²) in [5.74, 6) is 0.676. The molecule has 1 aromatic heterocycles. The lowest BCUT2D eigenvalue weighted by atomic mass is 10.5. The van der Waals surface area contributed by atoms with Gasteiger partial charge >= 0.3 is 6.01 Å². The number of aromatic nitrogens is 3. The Morgan fingerprint density at radius 3 is 2.35 bits per heavy atom. The second-order valence-electron chi connectivity index (χ2n) is 3.90. The smallest absolute Gasteiger partial charge is 0.323 e. The van der Waals surface area contributed by atoms with Gasteiger partial charge in [-0.3, -0.25) is 0 Å². The van der Waals surface area contributed by atoms with Gasteiger partial charge in [-0.1, -0.05) is 0 Å². The monoisotopic (exact) mass is 285 g/mol. The number of nitrogens with zero attached hydrogens (tertiary/aromatic N) is 4. The number of ether oxygens (including phenoxy) is 3. The van der Waals surface area contributed by atoms with E-state index in [4.69, 9.17) is 19.9 Å². The SMILES string of the molecule is CCN(CC)c1nc(N)nc(OCCOCCOC)n1. The van der Waals surface area contributed by atoms with Crippen LogP contribution in [0.15, 0.2) is 0 Å². The molecule has 0 saturated carbocycles. The van der Waals surface area contributed by atoms with E-state index in [2.05, 4.69) is 15.0 Å². The zero-order valence-corrected chi connectivity index (χ0v) is 12.3. The minimum absolute atomic E-state index is 0.150. The molecule has 2 N–H and O–H groups in total. The molecule has 0 aliphatic carbocycles. The van der Waals surface area contributed by atoms with Gasteiger partial charge in [-0.2, -0.15) is 15.0 Å². The van der Waals surface area contributed by atoms with E-state index in [0.717, 1.165) is 13.1 Å². The van der Waals surface area contributed by atoms with E-state index in [9.17, 15) is 0 Å². The summed E-state index contributed by atoms with van der Waals surface area (Å²) >= 11 is 0. The van der Waals surface area contributed by atoms with Gasteiger partial charge in [0.05, 0.1) is 19.8 Å². The number of hydrogen-bond acceptors (Lipinski definition) is 8. The van der Waals surface area contributed by atoms with Gasteiger partial charge in [0.1, 0.15) is 6.61 Å². The van der Waals surface area contributed by atoms with E-state index in [1.807, 2.05) is 18.7 Å². The lowest BCUT2D eigenvalue weighted by Crippen LogP contribution is -2.25. The normalized spacial score (nSPS) is 10.6. The van der Waals surface area contributed by atoms with Crippen LogP contribution >= 0.6 is 0 Å². The fraction of sp³-hybridized carbons (Fsp3) is 0.750. The molecule has 0 radical (unpaired) electrons. The summed E-state index contributed by atoms with van der Waals surface area (Å²) in [6.07, 6.45) is 0. The van der Waals surface area contributed by atoms with E-state index in [-0.39, 0.29) is 12.0 Å². The summed E-state index contributed by atoms with van der Waals surface area (Å²) in [6, 6.07) is 0.217. The average molecular weight is 285 g/mol. The van der Waals surface area contributed by atoms with Gasteiger partial charge in [0, 0.05) is 20.2 Å². The fourth-order valence-electron chi connectivity index (χ4n) is 1.51. The van der Waals surface area contributed by atoms with Gasteiger partial charge in [0.15, 0.2) is 0 Å². The number of nitrogen functional groups attached to an aromatic ring is 1. The third-order valence-corrected chi connectivity index (χ3v) is 2.56. The van der Waals surface area contributed by atoms with Crippen LogP contribution in [0, 0.1) is 0 Å². The molecule has 1 rings (SSSR count). The van der Waals surface area contributed by atoms with Crippen molar-refractivity contribution in [1.82, 2.24) is 15.0 Å². The van der Waals surface area contributed by atoms with Gasteiger partial charge in [0.2, 0.25) is 11.9 Å². The van der Waals surface area contributed by atoms with Gasteiger partial charge in [-0.25, -0.2) is 0 Å². The number of rotatable bonds is 10. The zero-order chi connectivity index (χ0) is 14.8. The first-order valence-corrected chi connectivity index (χ1v) is 6.67. The second-order valence-corrected chi connectivity index (χ2v) is 3.90. The van der Waals surface area contributed by atoms with Gasteiger partial charge in [-0.15, -0.1) is 0 Å². The quantitative estimate of drug-likeness (QED) is 0.615. The van der Waals surface area contributed by atoms with Crippen molar-refractivity contribution in [2.45, 2.75) is 13.8 Å². The molecule has 0 bridgehead atoms. The second kappa shape index (κ2) is 9.27. The van der Waals surface area contributed by atoms with Crippen LogP contribution in [0.25, 0.3) is 0 Å². The average Bonchev–Trinajstić information content (AvgIpc) is 2.43. The molecular weight excluding hydrogens is 262 g/mol. The Balaban J connectivity index is 2.49. The maximum atomic E-state index is 5.66. The predicted molar refractivity (Wildman–Crippen MR) is 76.0 cm³/mol. The highest BCUT2D eigenvalue weighted by molar-refractivity contribution is 5.35. The van der Waals surface area contributed by atoms with E-state index in [1.165, 1.54) is 0 Å². The molecule has 0 fully saturated rings. The van der Waals surface area contributed by atoms with Crippen LogP contribution in [0.4, 0.5) is 11.9 Å². The first-order valence-electron chi connectivity index (χ1n) is 6.67. The van der Waals surface area contributed by atoms with E-state index in [1.54, 1.807) is 7.11 Å². The Hall–Kier alpha value is -1.67. The highest BCUT2D eigenvalue weighted by Gasteiger charge is 2.10. The minimum atomic E-state index is 0.150. The van der Waals surface area contributed by atoms with Gasteiger partial charge < -0.3 is 24.8 Å². The summed E-state index contributed by atoms with van der Waals surface area (Å²) in [6.45, 7) is 7.51. The zero-order valence-electron chi connectivity index (χ0n) is 12.3. The molecular formula is C12H23N5O3. The summed E-state index contributed by atoms with van der Waals surface area (Å²) in [5.41, 5.74) is 5.66. The molecule has 0 saturated heterocycles. The molecule has 0 atom stereocenters. The minimum Gasteiger partial charge on any atom is -0.461 e. The van der Waals surface area contributed by atoms with Crippen LogP contribution in [-0.2, 0) is 9.47 Å². The van der Waals surface area contributed by atoms with Gasteiger partial charge in [-0.05, 0) is 13.8 Å². The van der Waals surface area contributed by atoms with E-state index < -0.39 is 0 Å². The summed E-state index contributed by atoms with van der Waals surface area (Å²) in [5, 5.41) is 0. The van der Waals surface area contributed by atoms with Crippen LogP contribution in [0.2, 0.25) is 0 Å². The Kier molecular flexibility index (Phi) is 7.59. The van der Waals surface area contributed by atoms with Crippen LogP contribution < -0.4 is 15.4 Å². The lowest BCUT2D eigenvalue weighted by Gasteiger charge is -2.18. The summed E-state index contributed by atoms with van der Waals surface area (Å²) in [4.78, 5) is 14.2. The van der Waals surface area contributed by atoms with Crippen molar-refractivity contribution < 1.29 is 14.2 Å². The molecule has 0 aromatic carbocycles. The topological polar surface area (TPSA) is 95.6 Å². The molecule has 0 spiro atoms. The Labute approximate surface area is 119 Å². The van der Waals surface area contributed by atoms with Crippen LogP contribution in [0.5, 0.6) is 6.01 Å². The fourth-order valence-corrected chi connectivity index (χ4v) is 1.51. The first-order chi connectivity index (χ1) is 9.71. The van der Waals surface area contributed by atoms with Crippen molar-refractivity contribution in [3.8, 4) is 6.01 Å². The third kappa shape index (κ3) is 5.54. The molecule has 1 aromatic rings. The first kappa shape index (κ1) is 16.4. The maximum absolute atomic E-state index is 5.66. The molecule has 8 nitrogen and oxygen atoms in total. The molecule has 0 amide bonds. The predicted octanol–water partition coefficient (Wildman–Crippen LogP) is 0.342. The van der Waals surface area contributed by atoms with Crippen LogP contribution in [0.1, 0.15) is 13.8 Å². The Morgan fingerprint density at radius 2 is 1.70 bits per heavy atom. The standard InChI is InChI=1S/C12H23N5O3/c1-4-17(5-2)11-14-10(13)15-12(16-11)20-9-8-19-7-6-18-3/h4-9H2,1-3H3,(H2,13,14,15,16).